The van der Waals surface area contributed by atoms with E-state index in [0.717, 1.165) is 4.68 Å². The fourth-order valence-electron chi connectivity index (χ4n) is 0.977. The van der Waals surface area contributed by atoms with E-state index in [2.05, 4.69) is 5.10 Å². The molecule has 0 bridgehead atoms. The van der Waals surface area contributed by atoms with Crippen molar-refractivity contribution in [3.8, 4) is 0 Å². The second-order valence-electron chi connectivity index (χ2n) is 2.76. The Bertz CT molecular complexity index is 400. The zero-order valence-electron chi connectivity index (χ0n) is 7.40. The van der Waals surface area contributed by atoms with Gasteiger partial charge < -0.3 is 0 Å². The first-order valence-electron chi connectivity index (χ1n) is 3.72. The molecule has 1 aromatic heterocycles. The zero-order valence-corrected chi connectivity index (χ0v) is 8.91. The highest BCUT2D eigenvalue weighted by Gasteiger charge is 2.38. The maximum absolute atomic E-state index is 12.3. The molecule has 0 aliphatic heterocycles. The lowest BCUT2D eigenvalue weighted by atomic mass is 10.3. The van der Waals surface area contributed by atoms with Crippen molar-refractivity contribution >= 4 is 28.4 Å². The first kappa shape index (κ1) is 12.3. The molecule has 0 radical (unpaired) electrons. The van der Waals surface area contributed by atoms with E-state index in [0.29, 0.717) is 0 Å². The Kier molecular flexibility index (Phi) is 3.30. The molecular formula is C7H5Cl2F3N2O. The molecule has 84 valence electrons. The van der Waals surface area contributed by atoms with Crippen molar-refractivity contribution in [1.29, 1.82) is 0 Å². The maximum atomic E-state index is 12.3. The van der Waals surface area contributed by atoms with Crippen LogP contribution >= 0.6 is 23.2 Å². The van der Waals surface area contributed by atoms with Gasteiger partial charge in [-0.3, -0.25) is 9.48 Å². The van der Waals surface area contributed by atoms with Crippen LogP contribution in [0.4, 0.5) is 13.2 Å². The summed E-state index contributed by atoms with van der Waals surface area (Å²) in [5, 5.41) is 1.85. The highest BCUT2D eigenvalue weighted by Crippen LogP contribution is 2.35. The number of halogens is 5. The van der Waals surface area contributed by atoms with E-state index in [9.17, 15) is 18.0 Å². The Morgan fingerprint density at radius 1 is 1.53 bits per heavy atom. The zero-order chi connectivity index (χ0) is 11.8. The number of hydrogen-bond acceptors (Lipinski definition) is 2. The number of carbonyl (C=O) groups is 1. The summed E-state index contributed by atoms with van der Waals surface area (Å²) in [4.78, 5) is 10.5. The number of rotatable bonds is 2. The summed E-state index contributed by atoms with van der Waals surface area (Å²) < 4.78 is 37.7. The smallest absolute Gasteiger partial charge is 0.279 e. The summed E-state index contributed by atoms with van der Waals surface area (Å²) >= 11 is 10.5. The summed E-state index contributed by atoms with van der Waals surface area (Å²) in [6, 6.07) is 0. The minimum Gasteiger partial charge on any atom is -0.279 e. The van der Waals surface area contributed by atoms with Crippen LogP contribution in [-0.4, -0.2) is 15.0 Å². The predicted molar refractivity (Wildman–Crippen MR) is 47.8 cm³/mol. The second-order valence-corrected chi connectivity index (χ2v) is 3.56. The minimum atomic E-state index is -4.64. The fraction of sp³-hybridized carbons (Fsp3) is 0.429. The van der Waals surface area contributed by atoms with Crippen LogP contribution in [0.25, 0.3) is 0 Å². The molecule has 0 aliphatic rings. The second kappa shape index (κ2) is 4.02. The Balaban J connectivity index is 3.18. The van der Waals surface area contributed by atoms with Crippen LogP contribution in [0.5, 0.6) is 0 Å². The lowest BCUT2D eigenvalue weighted by molar-refractivity contribution is -0.141. The van der Waals surface area contributed by atoms with E-state index in [4.69, 9.17) is 23.2 Å². The van der Waals surface area contributed by atoms with Gasteiger partial charge in [0.05, 0.1) is 10.7 Å². The van der Waals surface area contributed by atoms with Crippen molar-refractivity contribution in [2.24, 2.45) is 0 Å². The molecule has 0 saturated heterocycles. The molecule has 0 saturated carbocycles. The molecule has 15 heavy (non-hydrogen) atoms. The van der Waals surface area contributed by atoms with Crippen LogP contribution in [0.2, 0.25) is 5.02 Å². The Morgan fingerprint density at radius 2 is 2.07 bits per heavy atom. The van der Waals surface area contributed by atoms with E-state index < -0.39 is 28.7 Å². The molecule has 0 N–H and O–H groups in total. The van der Waals surface area contributed by atoms with Gasteiger partial charge in [-0.2, -0.15) is 18.3 Å². The molecule has 8 heteroatoms. The van der Waals surface area contributed by atoms with Crippen LogP contribution < -0.4 is 0 Å². The van der Waals surface area contributed by atoms with Gasteiger partial charge in [0, 0.05) is 0 Å². The third-order valence-electron chi connectivity index (χ3n) is 1.68. The van der Waals surface area contributed by atoms with E-state index >= 15 is 0 Å². The fourth-order valence-corrected chi connectivity index (χ4v) is 1.33. The molecule has 0 aliphatic carbocycles. The SMILES string of the molecule is Cc1c(Cl)c(C(F)(F)F)nn1CC(=O)Cl. The lowest BCUT2D eigenvalue weighted by Gasteiger charge is -2.01. The molecule has 0 aromatic carbocycles. The third-order valence-corrected chi connectivity index (χ3v) is 2.25. The Labute approximate surface area is 92.8 Å². The molecule has 1 heterocycles. The molecule has 3 nitrogen and oxygen atoms in total. The average molecular weight is 261 g/mol. The van der Waals surface area contributed by atoms with Crippen LogP contribution in [0.3, 0.4) is 0 Å². The summed E-state index contributed by atoms with van der Waals surface area (Å²) in [5.74, 6) is 0. The highest BCUT2D eigenvalue weighted by atomic mass is 35.5. The van der Waals surface area contributed by atoms with Gasteiger partial charge in [0.1, 0.15) is 6.54 Å². The van der Waals surface area contributed by atoms with E-state index in [1.165, 1.54) is 6.92 Å². The van der Waals surface area contributed by atoms with E-state index in [1.54, 1.807) is 0 Å². The minimum absolute atomic E-state index is 0.0537. The summed E-state index contributed by atoms with van der Waals surface area (Å²) in [6.07, 6.45) is -4.64. The Hall–Kier alpha value is -0.750. The number of hydrogen-bond donors (Lipinski definition) is 0. The Morgan fingerprint density at radius 3 is 2.40 bits per heavy atom. The molecule has 0 spiro atoms. The monoisotopic (exact) mass is 260 g/mol. The first-order chi connectivity index (χ1) is 6.73. The first-order valence-corrected chi connectivity index (χ1v) is 4.47. The lowest BCUT2D eigenvalue weighted by Crippen LogP contribution is -2.11. The standard InChI is InChI=1S/C7H5Cl2F3N2O/c1-3-5(9)6(7(10,11)12)13-14(3)2-4(8)15/h2H2,1H3. The van der Waals surface area contributed by atoms with Crippen molar-refractivity contribution in [3.05, 3.63) is 16.4 Å². The van der Waals surface area contributed by atoms with E-state index in [-0.39, 0.29) is 5.69 Å². The molecule has 0 fully saturated rings. The van der Waals surface area contributed by atoms with Crippen LogP contribution in [-0.2, 0) is 17.5 Å². The van der Waals surface area contributed by atoms with Crippen molar-refractivity contribution in [3.63, 3.8) is 0 Å². The van der Waals surface area contributed by atoms with Gasteiger partial charge >= 0.3 is 6.18 Å². The van der Waals surface area contributed by atoms with Gasteiger partial charge in [0.25, 0.3) is 0 Å². The largest absolute Gasteiger partial charge is 0.436 e. The number of carbonyl (C=O) groups excluding carboxylic acids is 1. The number of nitrogens with zero attached hydrogens (tertiary/aromatic N) is 2. The van der Waals surface area contributed by atoms with Crippen LogP contribution in [0, 0.1) is 6.92 Å². The van der Waals surface area contributed by atoms with Crippen LogP contribution in [0.1, 0.15) is 11.4 Å². The molecule has 0 unspecified atom stereocenters. The topological polar surface area (TPSA) is 34.9 Å². The van der Waals surface area contributed by atoms with Crippen LogP contribution in [0.15, 0.2) is 0 Å². The van der Waals surface area contributed by atoms with Crippen molar-refractivity contribution in [2.75, 3.05) is 0 Å². The van der Waals surface area contributed by atoms with Crippen molar-refractivity contribution in [1.82, 2.24) is 9.78 Å². The summed E-state index contributed by atoms with van der Waals surface area (Å²) in [6.45, 7) is 0.883. The molecular weight excluding hydrogens is 256 g/mol. The molecule has 1 aromatic rings. The summed E-state index contributed by atoms with van der Waals surface area (Å²) in [7, 11) is 0. The van der Waals surface area contributed by atoms with Gasteiger partial charge in [-0.05, 0) is 18.5 Å². The molecule has 1 rings (SSSR count). The summed E-state index contributed by atoms with van der Waals surface area (Å²) in [5.41, 5.74) is -1.16. The van der Waals surface area contributed by atoms with E-state index in [1.807, 2.05) is 0 Å². The number of aromatic nitrogens is 2. The van der Waals surface area contributed by atoms with Gasteiger partial charge in [-0.25, -0.2) is 0 Å². The van der Waals surface area contributed by atoms with Crippen molar-refractivity contribution < 1.29 is 18.0 Å². The normalized spacial score (nSPS) is 11.9. The molecule has 0 amide bonds. The number of alkyl halides is 3. The maximum Gasteiger partial charge on any atom is 0.436 e. The molecule has 0 atom stereocenters. The van der Waals surface area contributed by atoms with Gasteiger partial charge in [-0.15, -0.1) is 0 Å². The quantitative estimate of drug-likeness (QED) is 0.767. The van der Waals surface area contributed by atoms with Gasteiger partial charge in [0.15, 0.2) is 5.69 Å². The van der Waals surface area contributed by atoms with Gasteiger partial charge in [0.2, 0.25) is 5.24 Å². The third kappa shape index (κ3) is 2.63. The van der Waals surface area contributed by atoms with Crippen molar-refractivity contribution in [2.45, 2.75) is 19.6 Å². The average Bonchev–Trinajstić information content (AvgIpc) is 2.30. The highest BCUT2D eigenvalue weighted by molar-refractivity contribution is 6.63. The van der Waals surface area contributed by atoms with Gasteiger partial charge in [-0.1, -0.05) is 11.6 Å². The predicted octanol–water partition coefficient (Wildman–Crippen LogP) is 2.63.